The van der Waals surface area contributed by atoms with Gasteiger partial charge in [0.15, 0.2) is 5.65 Å². The molecule has 0 saturated carbocycles. The van der Waals surface area contributed by atoms with Crippen molar-refractivity contribution < 1.29 is 18.0 Å². The quantitative estimate of drug-likeness (QED) is 0.618. The molecule has 164 valence electrons. The Morgan fingerprint density at radius 2 is 1.81 bits per heavy atom. The molecule has 0 spiro atoms. The molecular weight excluding hydrogens is 409 g/mol. The van der Waals surface area contributed by atoms with E-state index in [0.29, 0.717) is 44.8 Å². The lowest BCUT2D eigenvalue weighted by atomic mass is 9.95. The number of alkyl halides is 3. The van der Waals surface area contributed by atoms with Gasteiger partial charge in [-0.25, -0.2) is 0 Å². The number of amides is 1. The van der Waals surface area contributed by atoms with Crippen molar-refractivity contribution in [1.82, 2.24) is 24.7 Å². The number of piperidine rings is 1. The van der Waals surface area contributed by atoms with Crippen molar-refractivity contribution in [3.8, 4) is 0 Å². The Morgan fingerprint density at radius 1 is 1.10 bits per heavy atom. The molecule has 0 bridgehead atoms. The van der Waals surface area contributed by atoms with Crippen LogP contribution in [-0.4, -0.2) is 50.3 Å². The standard InChI is InChI=1S/C21H23F3N6O/c1-2-28(14-15-6-4-3-5-7-15)19(31)16-10-12-29(13-11-16)18-9-8-17-25-26-20(21(22,23)24)30(17)27-18/h3-9,16H,2,10-14H2,1H3. The maximum Gasteiger partial charge on any atom is 0.453 e. The fourth-order valence-electron chi connectivity index (χ4n) is 3.89. The number of carbonyl (C=O) groups excluding carboxylic acids is 1. The Balaban J connectivity index is 1.43. The predicted octanol–water partition coefficient (Wildman–Crippen LogP) is 3.41. The molecule has 10 heteroatoms. The summed E-state index contributed by atoms with van der Waals surface area (Å²) in [5.41, 5.74) is 1.13. The highest BCUT2D eigenvalue weighted by Gasteiger charge is 2.38. The van der Waals surface area contributed by atoms with Crippen LogP contribution in [0.4, 0.5) is 19.0 Å². The Labute approximate surface area is 177 Å². The number of carbonyl (C=O) groups is 1. The van der Waals surface area contributed by atoms with E-state index in [1.807, 2.05) is 47.1 Å². The first kappa shape index (κ1) is 21.1. The summed E-state index contributed by atoms with van der Waals surface area (Å²) in [6.45, 7) is 4.25. The summed E-state index contributed by atoms with van der Waals surface area (Å²) in [5.74, 6) is -0.717. The molecule has 3 heterocycles. The van der Waals surface area contributed by atoms with Crippen LogP contribution in [0, 0.1) is 5.92 Å². The van der Waals surface area contributed by atoms with E-state index in [2.05, 4.69) is 15.3 Å². The van der Waals surface area contributed by atoms with E-state index in [1.165, 1.54) is 6.07 Å². The van der Waals surface area contributed by atoms with Crippen LogP contribution in [0.3, 0.4) is 0 Å². The number of rotatable bonds is 5. The van der Waals surface area contributed by atoms with Gasteiger partial charge in [0.1, 0.15) is 5.82 Å². The zero-order valence-electron chi connectivity index (χ0n) is 17.1. The molecule has 1 aromatic carbocycles. The number of nitrogens with zero attached hydrogens (tertiary/aromatic N) is 6. The summed E-state index contributed by atoms with van der Waals surface area (Å²) >= 11 is 0. The molecule has 1 aliphatic heterocycles. The van der Waals surface area contributed by atoms with Gasteiger partial charge in [-0.15, -0.1) is 15.3 Å². The lowest BCUT2D eigenvalue weighted by molar-refractivity contribution is -0.146. The third kappa shape index (κ3) is 4.47. The minimum absolute atomic E-state index is 0.0423. The summed E-state index contributed by atoms with van der Waals surface area (Å²) < 4.78 is 40.1. The number of fused-ring (bicyclic) bond motifs is 1. The Hall–Kier alpha value is -3.17. The molecule has 3 aromatic rings. The van der Waals surface area contributed by atoms with Crippen LogP contribution in [0.2, 0.25) is 0 Å². The molecule has 0 radical (unpaired) electrons. The van der Waals surface area contributed by atoms with E-state index in [0.717, 1.165) is 10.1 Å². The van der Waals surface area contributed by atoms with Crippen LogP contribution >= 0.6 is 0 Å². The van der Waals surface area contributed by atoms with E-state index in [9.17, 15) is 18.0 Å². The Kier molecular flexibility index (Phi) is 5.79. The van der Waals surface area contributed by atoms with Crippen LogP contribution < -0.4 is 4.90 Å². The van der Waals surface area contributed by atoms with Gasteiger partial charge in [-0.05, 0) is 37.5 Å². The molecule has 0 atom stereocenters. The van der Waals surface area contributed by atoms with E-state index in [4.69, 9.17) is 0 Å². The van der Waals surface area contributed by atoms with Gasteiger partial charge in [0, 0.05) is 32.1 Å². The summed E-state index contributed by atoms with van der Waals surface area (Å²) in [4.78, 5) is 16.8. The van der Waals surface area contributed by atoms with Gasteiger partial charge >= 0.3 is 6.18 Å². The second kappa shape index (κ2) is 8.52. The third-order valence-corrected chi connectivity index (χ3v) is 5.58. The number of hydrogen-bond acceptors (Lipinski definition) is 5. The van der Waals surface area contributed by atoms with Gasteiger partial charge in [-0.3, -0.25) is 4.79 Å². The monoisotopic (exact) mass is 432 g/mol. The fraction of sp³-hybridized carbons (Fsp3) is 0.429. The van der Waals surface area contributed by atoms with Gasteiger partial charge in [-0.1, -0.05) is 30.3 Å². The van der Waals surface area contributed by atoms with E-state index in [-0.39, 0.29) is 17.5 Å². The van der Waals surface area contributed by atoms with Gasteiger partial charge in [0.25, 0.3) is 5.82 Å². The summed E-state index contributed by atoms with van der Waals surface area (Å²) in [6, 6.07) is 13.0. The van der Waals surface area contributed by atoms with Crippen molar-refractivity contribution >= 4 is 17.4 Å². The van der Waals surface area contributed by atoms with Crippen LogP contribution in [0.15, 0.2) is 42.5 Å². The molecule has 0 aliphatic carbocycles. The molecule has 31 heavy (non-hydrogen) atoms. The van der Waals surface area contributed by atoms with E-state index < -0.39 is 12.0 Å². The number of halogens is 3. The molecular formula is C21H23F3N6O. The summed E-state index contributed by atoms with van der Waals surface area (Å²) in [5, 5.41) is 10.8. The SMILES string of the molecule is CCN(Cc1ccccc1)C(=O)C1CCN(c2ccc3nnc(C(F)(F)F)n3n2)CC1. The topological polar surface area (TPSA) is 66.6 Å². The van der Waals surface area contributed by atoms with Crippen LogP contribution in [0.25, 0.3) is 5.65 Å². The second-order valence-electron chi connectivity index (χ2n) is 7.58. The molecule has 7 nitrogen and oxygen atoms in total. The molecule has 2 aromatic heterocycles. The number of aromatic nitrogens is 4. The van der Waals surface area contributed by atoms with E-state index in [1.54, 1.807) is 6.07 Å². The lowest BCUT2D eigenvalue weighted by Crippen LogP contribution is -2.42. The maximum atomic E-state index is 13.1. The molecule has 1 saturated heterocycles. The van der Waals surface area contributed by atoms with Crippen molar-refractivity contribution in [2.24, 2.45) is 5.92 Å². The van der Waals surface area contributed by atoms with Crippen molar-refractivity contribution in [2.45, 2.75) is 32.5 Å². The fourth-order valence-corrected chi connectivity index (χ4v) is 3.89. The highest BCUT2D eigenvalue weighted by atomic mass is 19.4. The highest BCUT2D eigenvalue weighted by Crippen LogP contribution is 2.29. The molecule has 1 fully saturated rings. The Bertz CT molecular complexity index is 1040. The lowest BCUT2D eigenvalue weighted by Gasteiger charge is -2.34. The first-order chi connectivity index (χ1) is 14.9. The smallest absolute Gasteiger partial charge is 0.355 e. The van der Waals surface area contributed by atoms with Gasteiger partial charge < -0.3 is 9.80 Å². The van der Waals surface area contributed by atoms with Crippen molar-refractivity contribution in [2.75, 3.05) is 24.5 Å². The van der Waals surface area contributed by atoms with Crippen molar-refractivity contribution in [3.63, 3.8) is 0 Å². The predicted molar refractivity (Wildman–Crippen MR) is 108 cm³/mol. The Morgan fingerprint density at radius 3 is 2.45 bits per heavy atom. The first-order valence-electron chi connectivity index (χ1n) is 10.2. The average Bonchev–Trinajstić information content (AvgIpc) is 3.22. The number of benzene rings is 1. The van der Waals surface area contributed by atoms with Crippen molar-refractivity contribution in [1.29, 1.82) is 0 Å². The van der Waals surface area contributed by atoms with Crippen molar-refractivity contribution in [3.05, 3.63) is 53.9 Å². The normalized spacial score (nSPS) is 15.4. The summed E-state index contributed by atoms with van der Waals surface area (Å²) in [7, 11) is 0. The highest BCUT2D eigenvalue weighted by molar-refractivity contribution is 5.79. The van der Waals surface area contributed by atoms with Gasteiger partial charge in [0.05, 0.1) is 0 Å². The molecule has 4 rings (SSSR count). The average molecular weight is 432 g/mol. The zero-order chi connectivity index (χ0) is 22.0. The number of anilines is 1. The van der Waals surface area contributed by atoms with Gasteiger partial charge in [0.2, 0.25) is 5.91 Å². The van der Waals surface area contributed by atoms with Crippen LogP contribution in [0.5, 0.6) is 0 Å². The van der Waals surface area contributed by atoms with Crippen LogP contribution in [-0.2, 0) is 17.5 Å². The molecule has 1 aliphatic rings. The van der Waals surface area contributed by atoms with Crippen LogP contribution in [0.1, 0.15) is 31.2 Å². The molecule has 0 N–H and O–H groups in total. The summed E-state index contributed by atoms with van der Waals surface area (Å²) in [6.07, 6.45) is -3.39. The minimum Gasteiger partial charge on any atom is -0.355 e. The minimum atomic E-state index is -4.63. The first-order valence-corrected chi connectivity index (χ1v) is 10.2. The largest absolute Gasteiger partial charge is 0.453 e. The molecule has 0 unspecified atom stereocenters. The maximum absolute atomic E-state index is 13.1. The zero-order valence-corrected chi connectivity index (χ0v) is 17.1. The molecule has 1 amide bonds. The third-order valence-electron chi connectivity index (χ3n) is 5.58. The number of hydrogen-bond donors (Lipinski definition) is 0. The second-order valence-corrected chi connectivity index (χ2v) is 7.58. The van der Waals surface area contributed by atoms with Gasteiger partial charge in [-0.2, -0.15) is 17.7 Å². The van der Waals surface area contributed by atoms with E-state index >= 15 is 0 Å².